The number of Topliss-reactive ketones (excluding diaryl/α,β-unsaturated/α-hetero) is 1. The van der Waals surface area contributed by atoms with E-state index in [-0.39, 0.29) is 11.5 Å². The highest BCUT2D eigenvalue weighted by atomic mass is 16.5. The maximum Gasteiger partial charge on any atom is 0.165 e. The summed E-state index contributed by atoms with van der Waals surface area (Å²) >= 11 is 0. The first-order valence-corrected chi connectivity index (χ1v) is 7.91. The van der Waals surface area contributed by atoms with Crippen LogP contribution in [0, 0.1) is 5.92 Å². The van der Waals surface area contributed by atoms with Gasteiger partial charge in [0.05, 0.1) is 0 Å². The number of hydrogen-bond acceptors (Lipinski definition) is 2. The van der Waals surface area contributed by atoms with Crippen LogP contribution in [0.1, 0.15) is 68.3 Å². The van der Waals surface area contributed by atoms with Gasteiger partial charge in [0.15, 0.2) is 5.78 Å². The van der Waals surface area contributed by atoms with Crippen molar-refractivity contribution in [2.45, 2.75) is 64.4 Å². The quantitative estimate of drug-likeness (QED) is 0.583. The predicted octanol–water partition coefficient (Wildman–Crippen LogP) is 4.55. The van der Waals surface area contributed by atoms with Gasteiger partial charge in [-0.15, -0.1) is 0 Å². The highest BCUT2D eigenvalue weighted by molar-refractivity contribution is 5.98. The van der Waals surface area contributed by atoms with Crippen molar-refractivity contribution in [1.29, 1.82) is 0 Å². The Morgan fingerprint density at radius 3 is 2.55 bits per heavy atom. The highest BCUT2D eigenvalue weighted by Crippen LogP contribution is 2.36. The highest BCUT2D eigenvalue weighted by Gasteiger charge is 2.31. The Bertz CT molecular complexity index is 508. The molecule has 3 rings (SSSR count). The molecule has 0 amide bonds. The largest absolute Gasteiger partial charge is 0.487 e. The molecule has 1 aromatic carbocycles. The maximum absolute atomic E-state index is 12.7. The Labute approximate surface area is 121 Å². The smallest absolute Gasteiger partial charge is 0.165 e. The number of hydrogen-bond donors (Lipinski definition) is 0. The van der Waals surface area contributed by atoms with Crippen molar-refractivity contribution in [3.63, 3.8) is 0 Å². The Kier molecular flexibility index (Phi) is 3.57. The number of carbonyl (C=O) groups excluding carboxylic acids is 1. The summed E-state index contributed by atoms with van der Waals surface area (Å²) in [5.41, 5.74) is 1.94. The van der Waals surface area contributed by atoms with Crippen LogP contribution in [-0.2, 0) is 6.42 Å². The molecule has 2 aliphatic rings. The summed E-state index contributed by atoms with van der Waals surface area (Å²) in [6.07, 6.45) is 8.02. The number of rotatable bonds is 2. The number of benzene rings is 1. The average molecular weight is 272 g/mol. The van der Waals surface area contributed by atoms with Crippen LogP contribution in [0.15, 0.2) is 18.2 Å². The molecule has 0 N–H and O–H groups in total. The molecule has 2 nitrogen and oxygen atoms in total. The molecule has 0 atom stereocenters. The third-order valence-electron chi connectivity index (χ3n) is 4.57. The van der Waals surface area contributed by atoms with E-state index in [0.29, 0.717) is 5.78 Å². The van der Waals surface area contributed by atoms with Crippen LogP contribution in [0.3, 0.4) is 0 Å². The predicted molar refractivity (Wildman–Crippen MR) is 80.4 cm³/mol. The Hall–Kier alpha value is -1.31. The van der Waals surface area contributed by atoms with Gasteiger partial charge in [-0.3, -0.25) is 4.79 Å². The first-order valence-electron chi connectivity index (χ1n) is 7.91. The van der Waals surface area contributed by atoms with Gasteiger partial charge in [0.2, 0.25) is 0 Å². The van der Waals surface area contributed by atoms with E-state index in [2.05, 4.69) is 19.9 Å². The molecular weight excluding hydrogens is 248 g/mol. The van der Waals surface area contributed by atoms with Gasteiger partial charge in [-0.2, -0.15) is 0 Å². The van der Waals surface area contributed by atoms with Crippen molar-refractivity contribution >= 4 is 5.78 Å². The van der Waals surface area contributed by atoms with E-state index in [1.54, 1.807) is 0 Å². The number of carbonyl (C=O) groups is 1. The van der Waals surface area contributed by atoms with Crippen molar-refractivity contribution < 1.29 is 9.53 Å². The SMILES string of the molecule is CC1(C)Cc2cc(C(=O)C3CCCCCC3)ccc2O1. The van der Waals surface area contributed by atoms with E-state index in [0.717, 1.165) is 30.6 Å². The number of ether oxygens (including phenoxy) is 1. The minimum absolute atomic E-state index is 0.133. The van der Waals surface area contributed by atoms with Crippen LogP contribution in [0.5, 0.6) is 5.75 Å². The minimum Gasteiger partial charge on any atom is -0.487 e. The van der Waals surface area contributed by atoms with Gasteiger partial charge in [-0.05, 0) is 50.5 Å². The minimum atomic E-state index is -0.133. The normalized spacial score (nSPS) is 21.9. The van der Waals surface area contributed by atoms with E-state index in [9.17, 15) is 4.79 Å². The summed E-state index contributed by atoms with van der Waals surface area (Å²) in [6, 6.07) is 6.00. The molecule has 1 aliphatic carbocycles. The summed E-state index contributed by atoms with van der Waals surface area (Å²) in [4.78, 5) is 12.7. The fourth-order valence-corrected chi connectivity index (χ4v) is 3.54. The fourth-order valence-electron chi connectivity index (χ4n) is 3.54. The zero-order chi connectivity index (χ0) is 14.2. The van der Waals surface area contributed by atoms with Crippen LogP contribution in [0.4, 0.5) is 0 Å². The van der Waals surface area contributed by atoms with Crippen molar-refractivity contribution in [3.05, 3.63) is 29.3 Å². The molecular formula is C18H24O2. The molecule has 1 fully saturated rings. The van der Waals surface area contributed by atoms with E-state index in [1.807, 2.05) is 12.1 Å². The lowest BCUT2D eigenvalue weighted by Crippen LogP contribution is -2.24. The second-order valence-electron chi connectivity index (χ2n) is 6.91. The molecule has 0 saturated heterocycles. The molecule has 108 valence electrons. The third-order valence-corrected chi connectivity index (χ3v) is 4.57. The zero-order valence-corrected chi connectivity index (χ0v) is 12.6. The summed E-state index contributed by atoms with van der Waals surface area (Å²) in [6.45, 7) is 4.19. The first kappa shape index (κ1) is 13.7. The second kappa shape index (κ2) is 5.23. The van der Waals surface area contributed by atoms with Crippen LogP contribution in [0.25, 0.3) is 0 Å². The van der Waals surface area contributed by atoms with E-state index < -0.39 is 0 Å². The van der Waals surface area contributed by atoms with Gasteiger partial charge in [-0.25, -0.2) is 0 Å². The third kappa shape index (κ3) is 2.74. The lowest BCUT2D eigenvalue weighted by Gasteiger charge is -2.16. The van der Waals surface area contributed by atoms with Crippen molar-refractivity contribution in [3.8, 4) is 5.75 Å². The molecule has 1 heterocycles. The summed E-state index contributed by atoms with van der Waals surface area (Å²) in [5.74, 6) is 1.54. The second-order valence-corrected chi connectivity index (χ2v) is 6.91. The average Bonchev–Trinajstić information content (AvgIpc) is 2.59. The molecule has 20 heavy (non-hydrogen) atoms. The lowest BCUT2D eigenvalue weighted by atomic mass is 9.89. The van der Waals surface area contributed by atoms with Crippen molar-refractivity contribution in [1.82, 2.24) is 0 Å². The Morgan fingerprint density at radius 1 is 1.15 bits per heavy atom. The molecule has 0 radical (unpaired) electrons. The maximum atomic E-state index is 12.7. The van der Waals surface area contributed by atoms with Crippen molar-refractivity contribution in [2.75, 3.05) is 0 Å². The van der Waals surface area contributed by atoms with Gasteiger partial charge in [0.1, 0.15) is 11.4 Å². The van der Waals surface area contributed by atoms with E-state index in [4.69, 9.17) is 4.74 Å². The summed E-state index contributed by atoms with van der Waals surface area (Å²) in [5, 5.41) is 0. The van der Waals surface area contributed by atoms with Crippen LogP contribution in [0.2, 0.25) is 0 Å². The molecule has 1 aliphatic heterocycles. The topological polar surface area (TPSA) is 26.3 Å². The van der Waals surface area contributed by atoms with Gasteiger partial charge in [0.25, 0.3) is 0 Å². The number of fused-ring (bicyclic) bond motifs is 1. The van der Waals surface area contributed by atoms with Crippen LogP contribution >= 0.6 is 0 Å². The van der Waals surface area contributed by atoms with Gasteiger partial charge >= 0.3 is 0 Å². The van der Waals surface area contributed by atoms with Crippen molar-refractivity contribution in [2.24, 2.45) is 5.92 Å². The van der Waals surface area contributed by atoms with Crippen LogP contribution < -0.4 is 4.74 Å². The molecule has 0 spiro atoms. The monoisotopic (exact) mass is 272 g/mol. The Balaban J connectivity index is 1.79. The molecule has 0 aromatic heterocycles. The number of ketones is 1. The zero-order valence-electron chi connectivity index (χ0n) is 12.6. The lowest BCUT2D eigenvalue weighted by molar-refractivity contribution is 0.0908. The molecule has 1 saturated carbocycles. The summed E-state index contributed by atoms with van der Waals surface area (Å²) < 4.78 is 5.88. The first-order chi connectivity index (χ1) is 9.55. The standard InChI is InChI=1S/C18H24O2/c1-18(2)12-15-11-14(9-10-16(15)20-18)17(19)13-7-5-3-4-6-8-13/h9-11,13H,3-8,12H2,1-2H3. The fraction of sp³-hybridized carbons (Fsp3) is 0.611. The summed E-state index contributed by atoms with van der Waals surface area (Å²) in [7, 11) is 0. The molecule has 1 aromatic rings. The Morgan fingerprint density at radius 2 is 1.85 bits per heavy atom. The van der Waals surface area contributed by atoms with Gasteiger partial charge < -0.3 is 4.74 Å². The van der Waals surface area contributed by atoms with E-state index in [1.165, 1.54) is 31.2 Å². The molecule has 0 bridgehead atoms. The van der Waals surface area contributed by atoms with Gasteiger partial charge in [0, 0.05) is 17.9 Å². The van der Waals surface area contributed by atoms with E-state index >= 15 is 0 Å². The molecule has 0 unspecified atom stereocenters. The van der Waals surface area contributed by atoms with Gasteiger partial charge in [-0.1, -0.05) is 25.7 Å². The molecule has 2 heteroatoms. The van der Waals surface area contributed by atoms with Crippen LogP contribution in [-0.4, -0.2) is 11.4 Å².